The summed E-state index contributed by atoms with van der Waals surface area (Å²) in [7, 11) is 1.75. The van der Waals surface area contributed by atoms with E-state index in [0.717, 1.165) is 26.0 Å². The van der Waals surface area contributed by atoms with E-state index in [1.807, 2.05) is 12.3 Å². The first kappa shape index (κ1) is 14.1. The number of aryl methyl sites for hydroxylation is 1. The Hall–Kier alpha value is -0.930. The minimum absolute atomic E-state index is 0.373. The lowest BCUT2D eigenvalue weighted by Gasteiger charge is -2.19. The number of nitrogens with zero attached hydrogens (tertiary/aromatic N) is 1. The van der Waals surface area contributed by atoms with E-state index in [1.54, 1.807) is 7.11 Å². The largest absolute Gasteiger partial charge is 0.385 e. The van der Waals surface area contributed by atoms with Gasteiger partial charge in [-0.2, -0.15) is 0 Å². The van der Waals surface area contributed by atoms with Gasteiger partial charge in [-0.3, -0.25) is 4.98 Å². The second kappa shape index (κ2) is 8.20. The van der Waals surface area contributed by atoms with E-state index in [4.69, 9.17) is 4.74 Å². The van der Waals surface area contributed by atoms with Crippen LogP contribution < -0.4 is 5.32 Å². The maximum atomic E-state index is 5.08. The highest BCUT2D eigenvalue weighted by atomic mass is 16.5. The Morgan fingerprint density at radius 1 is 1.41 bits per heavy atom. The standard InChI is InChI=1S/C14H24N2O/c1-4-15-13(9-5-6-11-17-3)14-12(2)8-7-10-16-14/h7-8,10,13,15H,4-6,9,11H2,1-3H3. The molecule has 0 fully saturated rings. The van der Waals surface area contributed by atoms with E-state index in [9.17, 15) is 0 Å². The molecule has 1 N–H and O–H groups in total. The number of nitrogens with one attached hydrogen (secondary N) is 1. The van der Waals surface area contributed by atoms with Gasteiger partial charge in [-0.25, -0.2) is 0 Å². The molecule has 1 aromatic rings. The first-order valence-corrected chi connectivity index (χ1v) is 6.43. The van der Waals surface area contributed by atoms with E-state index in [2.05, 4.69) is 30.2 Å². The first-order chi connectivity index (χ1) is 8.29. The first-order valence-electron chi connectivity index (χ1n) is 6.43. The van der Waals surface area contributed by atoms with E-state index in [0.29, 0.717) is 6.04 Å². The quantitative estimate of drug-likeness (QED) is 0.705. The molecule has 0 spiro atoms. The number of methoxy groups -OCH3 is 1. The van der Waals surface area contributed by atoms with E-state index >= 15 is 0 Å². The van der Waals surface area contributed by atoms with Gasteiger partial charge in [0.15, 0.2) is 0 Å². The van der Waals surface area contributed by atoms with Gasteiger partial charge in [0.1, 0.15) is 0 Å². The van der Waals surface area contributed by atoms with Crippen LogP contribution in [0.1, 0.15) is 43.5 Å². The molecule has 0 aliphatic rings. The fourth-order valence-electron chi connectivity index (χ4n) is 2.04. The Morgan fingerprint density at radius 2 is 2.24 bits per heavy atom. The molecule has 0 radical (unpaired) electrons. The molecule has 0 bridgehead atoms. The molecule has 1 aromatic heterocycles. The fraction of sp³-hybridized carbons (Fsp3) is 0.643. The second-order valence-electron chi connectivity index (χ2n) is 4.30. The molecule has 17 heavy (non-hydrogen) atoms. The molecule has 0 aliphatic carbocycles. The maximum Gasteiger partial charge on any atom is 0.0602 e. The summed E-state index contributed by atoms with van der Waals surface area (Å²) in [5.74, 6) is 0. The molecule has 96 valence electrons. The molecule has 3 nitrogen and oxygen atoms in total. The van der Waals surface area contributed by atoms with Gasteiger partial charge in [0.25, 0.3) is 0 Å². The zero-order valence-corrected chi connectivity index (χ0v) is 11.2. The van der Waals surface area contributed by atoms with Crippen LogP contribution >= 0.6 is 0 Å². The molecular formula is C14H24N2O. The van der Waals surface area contributed by atoms with Crippen LogP contribution in [-0.2, 0) is 4.74 Å². The van der Waals surface area contributed by atoms with Gasteiger partial charge < -0.3 is 10.1 Å². The number of pyridine rings is 1. The van der Waals surface area contributed by atoms with Crippen molar-refractivity contribution >= 4 is 0 Å². The zero-order chi connectivity index (χ0) is 12.5. The van der Waals surface area contributed by atoms with Gasteiger partial charge in [0, 0.05) is 26.0 Å². The molecule has 1 atom stereocenters. The van der Waals surface area contributed by atoms with Gasteiger partial charge in [-0.1, -0.05) is 13.0 Å². The predicted octanol–water partition coefficient (Wildman–Crippen LogP) is 2.86. The molecule has 1 rings (SSSR count). The molecule has 0 saturated carbocycles. The summed E-state index contributed by atoms with van der Waals surface area (Å²) >= 11 is 0. The van der Waals surface area contributed by atoms with Gasteiger partial charge in [-0.05, 0) is 44.4 Å². The van der Waals surface area contributed by atoms with E-state index < -0.39 is 0 Å². The van der Waals surface area contributed by atoms with Crippen molar-refractivity contribution in [2.24, 2.45) is 0 Å². The third-order valence-corrected chi connectivity index (χ3v) is 2.92. The highest BCUT2D eigenvalue weighted by molar-refractivity contribution is 5.20. The van der Waals surface area contributed by atoms with Crippen molar-refractivity contribution in [1.29, 1.82) is 0 Å². The smallest absolute Gasteiger partial charge is 0.0602 e. The minimum atomic E-state index is 0.373. The number of hydrogen-bond acceptors (Lipinski definition) is 3. The molecule has 0 aliphatic heterocycles. The van der Waals surface area contributed by atoms with Gasteiger partial charge >= 0.3 is 0 Å². The van der Waals surface area contributed by atoms with Crippen LogP contribution in [0, 0.1) is 6.92 Å². The lowest BCUT2D eigenvalue weighted by molar-refractivity contribution is 0.191. The fourth-order valence-corrected chi connectivity index (χ4v) is 2.04. The SMILES string of the molecule is CCNC(CCCCOC)c1ncccc1C. The van der Waals surface area contributed by atoms with Gasteiger partial charge in [0.2, 0.25) is 0 Å². The molecular weight excluding hydrogens is 212 g/mol. The summed E-state index contributed by atoms with van der Waals surface area (Å²) in [6.45, 7) is 6.09. The normalized spacial score (nSPS) is 12.6. The van der Waals surface area contributed by atoms with Crippen LogP contribution in [0.25, 0.3) is 0 Å². The van der Waals surface area contributed by atoms with Crippen molar-refractivity contribution in [3.8, 4) is 0 Å². The third kappa shape index (κ3) is 4.84. The van der Waals surface area contributed by atoms with E-state index in [-0.39, 0.29) is 0 Å². The van der Waals surface area contributed by atoms with Gasteiger partial charge in [0.05, 0.1) is 5.69 Å². The number of unbranched alkanes of at least 4 members (excludes halogenated alkanes) is 1. The molecule has 3 heteroatoms. The molecule has 1 unspecified atom stereocenters. The number of aromatic nitrogens is 1. The van der Waals surface area contributed by atoms with Crippen LogP contribution in [0.3, 0.4) is 0 Å². The van der Waals surface area contributed by atoms with Crippen molar-refractivity contribution in [2.75, 3.05) is 20.3 Å². The highest BCUT2D eigenvalue weighted by Crippen LogP contribution is 2.20. The number of hydrogen-bond donors (Lipinski definition) is 1. The topological polar surface area (TPSA) is 34.1 Å². The number of ether oxygens (including phenoxy) is 1. The van der Waals surface area contributed by atoms with Crippen molar-refractivity contribution < 1.29 is 4.74 Å². The summed E-state index contributed by atoms with van der Waals surface area (Å²) in [6.07, 6.45) is 5.28. The van der Waals surface area contributed by atoms with Crippen molar-refractivity contribution in [3.05, 3.63) is 29.6 Å². The summed E-state index contributed by atoms with van der Waals surface area (Å²) in [6, 6.07) is 4.49. The van der Waals surface area contributed by atoms with Crippen molar-refractivity contribution in [1.82, 2.24) is 10.3 Å². The average molecular weight is 236 g/mol. The summed E-state index contributed by atoms with van der Waals surface area (Å²) in [5.41, 5.74) is 2.46. The van der Waals surface area contributed by atoms with Crippen LogP contribution in [0.2, 0.25) is 0 Å². The van der Waals surface area contributed by atoms with Gasteiger partial charge in [-0.15, -0.1) is 0 Å². The summed E-state index contributed by atoms with van der Waals surface area (Å²) in [4.78, 5) is 4.50. The van der Waals surface area contributed by atoms with Crippen LogP contribution in [0.5, 0.6) is 0 Å². The summed E-state index contributed by atoms with van der Waals surface area (Å²) < 4.78 is 5.08. The monoisotopic (exact) mass is 236 g/mol. The van der Waals surface area contributed by atoms with Crippen LogP contribution in [-0.4, -0.2) is 25.2 Å². The third-order valence-electron chi connectivity index (χ3n) is 2.92. The summed E-state index contributed by atoms with van der Waals surface area (Å²) in [5, 5.41) is 3.51. The molecule has 0 amide bonds. The van der Waals surface area contributed by atoms with Crippen molar-refractivity contribution in [2.45, 2.75) is 39.2 Å². The Labute approximate surface area is 105 Å². The van der Waals surface area contributed by atoms with Crippen molar-refractivity contribution in [3.63, 3.8) is 0 Å². The average Bonchev–Trinajstić information content (AvgIpc) is 2.34. The zero-order valence-electron chi connectivity index (χ0n) is 11.2. The van der Waals surface area contributed by atoms with E-state index in [1.165, 1.54) is 17.7 Å². The Bertz CT molecular complexity index is 315. The highest BCUT2D eigenvalue weighted by Gasteiger charge is 2.13. The minimum Gasteiger partial charge on any atom is -0.385 e. The predicted molar refractivity (Wildman–Crippen MR) is 71.1 cm³/mol. The maximum absolute atomic E-state index is 5.08. The second-order valence-corrected chi connectivity index (χ2v) is 4.30. The lowest BCUT2D eigenvalue weighted by atomic mass is 10.0. The Balaban J connectivity index is 2.56. The van der Waals surface area contributed by atoms with Crippen LogP contribution in [0.15, 0.2) is 18.3 Å². The number of rotatable bonds is 8. The Kier molecular flexibility index (Phi) is 6.82. The molecule has 1 heterocycles. The lowest BCUT2D eigenvalue weighted by Crippen LogP contribution is -2.22. The van der Waals surface area contributed by atoms with Crippen LogP contribution in [0.4, 0.5) is 0 Å². The molecule has 0 saturated heterocycles. The Morgan fingerprint density at radius 3 is 2.88 bits per heavy atom. The molecule has 0 aromatic carbocycles.